The van der Waals surface area contributed by atoms with Crippen molar-refractivity contribution in [1.29, 1.82) is 0 Å². The Morgan fingerprint density at radius 1 is 1.35 bits per heavy atom. The number of benzene rings is 1. The van der Waals surface area contributed by atoms with Crippen molar-refractivity contribution >= 4 is 20.6 Å². The molecule has 112 valence electrons. The van der Waals surface area contributed by atoms with Gasteiger partial charge in [-0.3, -0.25) is 4.21 Å². The maximum Gasteiger partial charge on any atom is 0.148 e. The highest BCUT2D eigenvalue weighted by atomic mass is 32.2. The van der Waals surface area contributed by atoms with Crippen LogP contribution in [0.3, 0.4) is 0 Å². The Bertz CT molecular complexity index is 598. The summed E-state index contributed by atoms with van der Waals surface area (Å²) in [6.07, 6.45) is 1.94. The van der Waals surface area contributed by atoms with Gasteiger partial charge in [0.2, 0.25) is 0 Å². The van der Waals surface area contributed by atoms with Crippen molar-refractivity contribution < 1.29 is 12.6 Å². The van der Waals surface area contributed by atoms with E-state index in [-0.39, 0.29) is 22.8 Å². The zero-order chi connectivity index (χ0) is 14.8. The third-order valence-electron chi connectivity index (χ3n) is 3.60. The second-order valence-electron chi connectivity index (χ2n) is 5.19. The number of nitrogens with one attached hydrogen (secondary N) is 1. The van der Waals surface area contributed by atoms with Crippen molar-refractivity contribution in [2.75, 3.05) is 24.3 Å². The topological polar surface area (TPSA) is 63.2 Å². The van der Waals surface area contributed by atoms with Crippen molar-refractivity contribution in [3.63, 3.8) is 0 Å². The Hall–Kier alpha value is -0.720. The van der Waals surface area contributed by atoms with Gasteiger partial charge >= 0.3 is 0 Å². The van der Waals surface area contributed by atoms with Gasteiger partial charge in [0.05, 0.1) is 11.0 Å². The van der Waals surface area contributed by atoms with E-state index in [1.54, 1.807) is 0 Å². The summed E-state index contributed by atoms with van der Waals surface area (Å²) in [5.41, 5.74) is 2.42. The minimum Gasteiger partial charge on any atom is -0.309 e. The Morgan fingerprint density at radius 2 is 2.05 bits per heavy atom. The van der Waals surface area contributed by atoms with Crippen molar-refractivity contribution in [3.05, 3.63) is 35.4 Å². The summed E-state index contributed by atoms with van der Waals surface area (Å²) in [4.78, 5) is 0. The first-order chi connectivity index (χ1) is 9.42. The molecule has 1 aliphatic carbocycles. The smallest absolute Gasteiger partial charge is 0.148 e. The predicted molar refractivity (Wildman–Crippen MR) is 83.1 cm³/mol. The van der Waals surface area contributed by atoms with Gasteiger partial charge in [0.25, 0.3) is 0 Å². The molecule has 0 aromatic heterocycles. The molecule has 0 aliphatic heterocycles. The van der Waals surface area contributed by atoms with E-state index >= 15 is 0 Å². The molecule has 0 spiro atoms. The second kappa shape index (κ2) is 6.37. The van der Waals surface area contributed by atoms with Gasteiger partial charge in [-0.05, 0) is 24.1 Å². The molecular weight excluding hydrogens is 294 g/mol. The number of fused-ring (bicyclic) bond motifs is 1. The molecular formula is C14H21NO3S2. The molecule has 0 saturated heterocycles. The van der Waals surface area contributed by atoms with E-state index in [0.29, 0.717) is 0 Å². The van der Waals surface area contributed by atoms with Crippen LogP contribution in [0.25, 0.3) is 0 Å². The number of hydrogen-bond acceptors (Lipinski definition) is 4. The molecule has 0 bridgehead atoms. The summed E-state index contributed by atoms with van der Waals surface area (Å²) in [7, 11) is -4.20. The summed E-state index contributed by atoms with van der Waals surface area (Å²) < 4.78 is 34.9. The molecule has 3 unspecified atom stereocenters. The van der Waals surface area contributed by atoms with E-state index in [9.17, 15) is 12.6 Å². The normalized spacial score (nSPS) is 23.5. The van der Waals surface area contributed by atoms with Gasteiger partial charge in [0.1, 0.15) is 9.84 Å². The summed E-state index contributed by atoms with van der Waals surface area (Å²) in [5.74, 6) is 0.213. The fraction of sp³-hybridized carbons (Fsp3) is 0.571. The van der Waals surface area contributed by atoms with Crippen LogP contribution in [0, 0.1) is 0 Å². The highest BCUT2D eigenvalue weighted by Crippen LogP contribution is 2.34. The van der Waals surface area contributed by atoms with Crippen LogP contribution in [0.1, 0.15) is 24.1 Å². The van der Waals surface area contributed by atoms with Crippen LogP contribution in [0.4, 0.5) is 0 Å². The molecule has 1 aromatic carbocycles. The first kappa shape index (κ1) is 15.7. The zero-order valence-electron chi connectivity index (χ0n) is 11.8. The van der Waals surface area contributed by atoms with E-state index in [0.717, 1.165) is 13.0 Å². The molecule has 0 saturated carbocycles. The van der Waals surface area contributed by atoms with Crippen molar-refractivity contribution in [2.45, 2.75) is 24.6 Å². The maximum absolute atomic E-state index is 12.5. The van der Waals surface area contributed by atoms with Gasteiger partial charge < -0.3 is 5.32 Å². The predicted octanol–water partition coefficient (Wildman–Crippen LogP) is 1.06. The lowest BCUT2D eigenvalue weighted by Crippen LogP contribution is -2.33. The summed E-state index contributed by atoms with van der Waals surface area (Å²) in [6.45, 7) is 2.83. The number of sulfone groups is 1. The molecule has 6 heteroatoms. The minimum absolute atomic E-state index is 0.00863. The molecule has 0 radical (unpaired) electrons. The van der Waals surface area contributed by atoms with Crippen LogP contribution in [-0.4, -0.2) is 42.2 Å². The molecule has 0 heterocycles. The lowest BCUT2D eigenvalue weighted by atomic mass is 10.1. The zero-order valence-corrected chi connectivity index (χ0v) is 13.5. The van der Waals surface area contributed by atoms with Crippen LogP contribution in [-0.2, 0) is 27.1 Å². The molecule has 1 aromatic rings. The molecule has 0 fully saturated rings. The fourth-order valence-electron chi connectivity index (χ4n) is 2.65. The molecule has 3 atom stereocenters. The standard InChI is InChI=1S/C14H21NO3S2/c1-3-15-14-12-7-5-4-6-11(12)10-13(14)19(16)8-9-20(2,17)18/h4-7,13-15H,3,8-10H2,1-2H3. The van der Waals surface area contributed by atoms with Crippen LogP contribution < -0.4 is 5.32 Å². The SMILES string of the molecule is CCNC1c2ccccc2CC1S(=O)CCS(C)(=O)=O. The molecule has 2 rings (SSSR count). The van der Waals surface area contributed by atoms with Crippen molar-refractivity contribution in [2.24, 2.45) is 0 Å². The average Bonchev–Trinajstić information content (AvgIpc) is 2.75. The van der Waals surface area contributed by atoms with Crippen LogP contribution in [0.2, 0.25) is 0 Å². The van der Waals surface area contributed by atoms with E-state index in [2.05, 4.69) is 17.4 Å². The Labute approximate surface area is 123 Å². The highest BCUT2D eigenvalue weighted by molar-refractivity contribution is 7.92. The summed E-state index contributed by atoms with van der Waals surface area (Å²) >= 11 is 0. The molecule has 1 N–H and O–H groups in total. The van der Waals surface area contributed by atoms with E-state index < -0.39 is 20.6 Å². The van der Waals surface area contributed by atoms with Gasteiger partial charge in [0.15, 0.2) is 0 Å². The third kappa shape index (κ3) is 3.68. The van der Waals surface area contributed by atoms with E-state index in [4.69, 9.17) is 0 Å². The first-order valence-electron chi connectivity index (χ1n) is 6.78. The Balaban J connectivity index is 2.14. The van der Waals surface area contributed by atoms with Gasteiger partial charge in [0, 0.05) is 28.9 Å². The van der Waals surface area contributed by atoms with Crippen molar-refractivity contribution in [3.8, 4) is 0 Å². The van der Waals surface area contributed by atoms with Crippen LogP contribution >= 0.6 is 0 Å². The molecule has 1 aliphatic rings. The number of hydrogen-bond donors (Lipinski definition) is 1. The molecule has 0 amide bonds. The fourth-order valence-corrected chi connectivity index (χ4v) is 5.73. The minimum atomic E-state index is -3.06. The summed E-state index contributed by atoms with van der Waals surface area (Å²) in [5, 5.41) is 3.35. The largest absolute Gasteiger partial charge is 0.309 e. The average molecular weight is 315 g/mol. The monoisotopic (exact) mass is 315 g/mol. The van der Waals surface area contributed by atoms with E-state index in [1.807, 2.05) is 19.1 Å². The van der Waals surface area contributed by atoms with Gasteiger partial charge in [-0.2, -0.15) is 0 Å². The van der Waals surface area contributed by atoms with Crippen LogP contribution in [0.15, 0.2) is 24.3 Å². The van der Waals surface area contributed by atoms with Crippen LogP contribution in [0.5, 0.6) is 0 Å². The quantitative estimate of drug-likeness (QED) is 0.852. The second-order valence-corrected chi connectivity index (χ2v) is 9.23. The van der Waals surface area contributed by atoms with Gasteiger partial charge in [-0.15, -0.1) is 0 Å². The summed E-state index contributed by atoms with van der Waals surface area (Å²) in [6, 6.07) is 8.18. The van der Waals surface area contributed by atoms with E-state index in [1.165, 1.54) is 17.4 Å². The molecule has 20 heavy (non-hydrogen) atoms. The number of rotatable bonds is 6. The third-order valence-corrected chi connectivity index (χ3v) is 6.52. The Morgan fingerprint density at radius 3 is 2.70 bits per heavy atom. The maximum atomic E-state index is 12.5. The first-order valence-corrected chi connectivity index (χ1v) is 10.2. The lowest BCUT2D eigenvalue weighted by Gasteiger charge is -2.20. The molecule has 4 nitrogen and oxygen atoms in total. The van der Waals surface area contributed by atoms with Gasteiger partial charge in [-0.25, -0.2) is 8.42 Å². The highest BCUT2D eigenvalue weighted by Gasteiger charge is 2.35. The van der Waals surface area contributed by atoms with Crippen molar-refractivity contribution in [1.82, 2.24) is 5.32 Å². The van der Waals surface area contributed by atoms with Gasteiger partial charge in [-0.1, -0.05) is 31.2 Å². The Kier molecular flexibility index (Phi) is 4.99. The lowest BCUT2D eigenvalue weighted by molar-refractivity contribution is 0.546.